The Morgan fingerprint density at radius 1 is 1.23 bits per heavy atom. The van der Waals surface area contributed by atoms with E-state index >= 15 is 0 Å². The van der Waals surface area contributed by atoms with Crippen LogP contribution >= 0.6 is 23.4 Å². The highest BCUT2D eigenvalue weighted by molar-refractivity contribution is 7.98. The second-order valence-electron chi connectivity index (χ2n) is 7.08. The third-order valence-corrected chi connectivity index (χ3v) is 5.85. The van der Waals surface area contributed by atoms with Gasteiger partial charge in [0.15, 0.2) is 0 Å². The average Bonchev–Trinajstić information content (AvgIpc) is 2.87. The molecule has 1 aromatic heterocycles. The van der Waals surface area contributed by atoms with Crippen molar-refractivity contribution >= 4 is 40.6 Å². The second kappa shape index (κ2) is 9.20. The number of rotatable bonds is 4. The van der Waals surface area contributed by atoms with Crippen LogP contribution < -0.4 is 10.2 Å². The average molecular weight is 480 g/mol. The number of benzene rings is 1. The van der Waals surface area contributed by atoms with Crippen LogP contribution in [0.25, 0.3) is 0 Å². The molecular formula is C20H19ClF5N3OS. The third-order valence-electron chi connectivity index (χ3n) is 4.90. The van der Waals surface area contributed by atoms with Crippen LogP contribution in [-0.4, -0.2) is 36.2 Å². The van der Waals surface area contributed by atoms with Crippen molar-refractivity contribution in [2.24, 2.45) is 0 Å². The number of anilines is 2. The fourth-order valence-electron chi connectivity index (χ4n) is 3.32. The lowest BCUT2D eigenvalue weighted by atomic mass is 10.1. The summed E-state index contributed by atoms with van der Waals surface area (Å²) in [6.07, 6.45) is -2.26. The molecule has 1 saturated heterocycles. The molecule has 0 atom stereocenters. The number of thioether (sulfide) groups is 1. The Hall–Kier alpha value is -2.07. The van der Waals surface area contributed by atoms with Gasteiger partial charge in [0.25, 0.3) is 5.91 Å². The highest BCUT2D eigenvalue weighted by atomic mass is 35.5. The van der Waals surface area contributed by atoms with Gasteiger partial charge in [-0.25, -0.2) is 13.8 Å². The minimum absolute atomic E-state index is 0.0777. The van der Waals surface area contributed by atoms with Gasteiger partial charge in [-0.15, -0.1) is 11.8 Å². The molecule has 1 fully saturated rings. The zero-order valence-electron chi connectivity index (χ0n) is 16.4. The second-order valence-corrected chi connectivity index (χ2v) is 8.32. The van der Waals surface area contributed by atoms with Gasteiger partial charge in [-0.1, -0.05) is 11.6 Å². The molecule has 0 aliphatic carbocycles. The minimum atomic E-state index is -4.75. The minimum Gasteiger partial charge on any atom is -0.371 e. The van der Waals surface area contributed by atoms with Crippen molar-refractivity contribution in [1.29, 1.82) is 0 Å². The van der Waals surface area contributed by atoms with E-state index in [2.05, 4.69) is 10.3 Å². The summed E-state index contributed by atoms with van der Waals surface area (Å²) in [4.78, 5) is 18.4. The molecule has 1 aromatic carbocycles. The van der Waals surface area contributed by atoms with Crippen LogP contribution in [0, 0.1) is 0 Å². The highest BCUT2D eigenvalue weighted by Crippen LogP contribution is 2.40. The van der Waals surface area contributed by atoms with Crippen LogP contribution in [0.1, 0.15) is 35.2 Å². The number of hydrogen-bond donors (Lipinski definition) is 1. The van der Waals surface area contributed by atoms with Gasteiger partial charge < -0.3 is 10.2 Å². The topological polar surface area (TPSA) is 45.2 Å². The predicted molar refractivity (Wildman–Crippen MR) is 111 cm³/mol. The summed E-state index contributed by atoms with van der Waals surface area (Å²) < 4.78 is 67.9. The fraction of sp³-hybridized carbons (Fsp3) is 0.400. The predicted octanol–water partition coefficient (Wildman–Crippen LogP) is 6.35. The van der Waals surface area contributed by atoms with Crippen LogP contribution in [-0.2, 0) is 6.18 Å². The number of halogens is 6. The molecule has 31 heavy (non-hydrogen) atoms. The fourth-order valence-corrected chi connectivity index (χ4v) is 4.01. The molecule has 1 amide bonds. The number of carbonyl (C=O) groups is 1. The summed E-state index contributed by atoms with van der Waals surface area (Å²) in [5.74, 6) is -3.60. The van der Waals surface area contributed by atoms with E-state index in [0.717, 1.165) is 12.1 Å². The highest BCUT2D eigenvalue weighted by Gasteiger charge is 2.37. The van der Waals surface area contributed by atoms with E-state index in [9.17, 15) is 26.7 Å². The monoisotopic (exact) mass is 479 g/mol. The number of pyridine rings is 1. The third kappa shape index (κ3) is 5.79. The maximum absolute atomic E-state index is 13.8. The molecule has 0 unspecified atom stereocenters. The van der Waals surface area contributed by atoms with Gasteiger partial charge in [0.1, 0.15) is 0 Å². The van der Waals surface area contributed by atoms with Crippen molar-refractivity contribution in [3.63, 3.8) is 0 Å². The van der Waals surface area contributed by atoms with E-state index in [0.29, 0.717) is 10.7 Å². The first kappa shape index (κ1) is 23.6. The van der Waals surface area contributed by atoms with Crippen LogP contribution in [0.4, 0.5) is 33.3 Å². The van der Waals surface area contributed by atoms with E-state index in [4.69, 9.17) is 11.6 Å². The number of hydrogen-bond acceptors (Lipinski definition) is 4. The maximum atomic E-state index is 13.8. The Balaban J connectivity index is 2.01. The maximum Gasteiger partial charge on any atom is 0.417 e. The molecule has 2 heterocycles. The number of alkyl halides is 5. The van der Waals surface area contributed by atoms with Gasteiger partial charge in [0, 0.05) is 37.8 Å². The summed E-state index contributed by atoms with van der Waals surface area (Å²) in [5.41, 5.74) is -0.921. The molecule has 0 saturated carbocycles. The van der Waals surface area contributed by atoms with Crippen LogP contribution in [0.15, 0.2) is 35.5 Å². The Kier molecular flexibility index (Phi) is 7.00. The standard InChI is InChI=1S/C20H19ClF5N3OS/c1-31-17-9-12(3-6-27-17)28-18(30)13-10-15(21)14(20(24,25)26)11-16(13)29-7-2-4-19(22,23)5-8-29/h3,6,9-11H,2,4-5,7-8H2,1H3,(H,27,28,30). The Morgan fingerprint density at radius 3 is 2.65 bits per heavy atom. The van der Waals surface area contributed by atoms with E-state index in [-0.39, 0.29) is 37.2 Å². The van der Waals surface area contributed by atoms with Crippen molar-refractivity contribution < 1.29 is 26.7 Å². The first-order valence-electron chi connectivity index (χ1n) is 9.35. The molecule has 11 heteroatoms. The Bertz CT molecular complexity index is 970. The lowest BCUT2D eigenvalue weighted by molar-refractivity contribution is -0.137. The molecule has 0 radical (unpaired) electrons. The zero-order valence-corrected chi connectivity index (χ0v) is 18.0. The largest absolute Gasteiger partial charge is 0.417 e. The van der Waals surface area contributed by atoms with Crippen molar-refractivity contribution in [2.75, 3.05) is 29.6 Å². The first-order chi connectivity index (χ1) is 14.5. The van der Waals surface area contributed by atoms with Crippen LogP contribution in [0.2, 0.25) is 5.02 Å². The number of carbonyl (C=O) groups excluding carboxylic acids is 1. The van der Waals surface area contributed by atoms with E-state index in [1.165, 1.54) is 28.9 Å². The zero-order chi connectivity index (χ0) is 22.8. The van der Waals surface area contributed by atoms with Crippen LogP contribution in [0.5, 0.6) is 0 Å². The van der Waals surface area contributed by atoms with Crippen molar-refractivity contribution in [2.45, 2.75) is 36.4 Å². The van der Waals surface area contributed by atoms with Crippen molar-refractivity contribution in [1.82, 2.24) is 4.98 Å². The van der Waals surface area contributed by atoms with Gasteiger partial charge in [0.05, 0.1) is 26.9 Å². The first-order valence-corrected chi connectivity index (χ1v) is 11.0. The van der Waals surface area contributed by atoms with Crippen molar-refractivity contribution in [3.8, 4) is 0 Å². The number of nitrogens with zero attached hydrogens (tertiary/aromatic N) is 2. The summed E-state index contributed by atoms with van der Waals surface area (Å²) in [6.45, 7) is -0.0846. The SMILES string of the molecule is CSc1cc(NC(=O)c2cc(Cl)c(C(F)(F)F)cc2N2CCCC(F)(F)CC2)ccn1. The molecule has 168 valence electrons. The van der Waals surface area contributed by atoms with E-state index in [1.54, 1.807) is 12.3 Å². The number of nitrogens with one attached hydrogen (secondary N) is 1. The molecule has 0 bridgehead atoms. The van der Waals surface area contributed by atoms with Gasteiger partial charge in [-0.2, -0.15) is 13.2 Å². The van der Waals surface area contributed by atoms with Gasteiger partial charge in [-0.3, -0.25) is 4.79 Å². The molecule has 1 aliphatic heterocycles. The van der Waals surface area contributed by atoms with Gasteiger partial charge in [0.2, 0.25) is 5.92 Å². The number of amides is 1. The summed E-state index contributed by atoms with van der Waals surface area (Å²) in [5, 5.41) is 2.62. The molecule has 3 rings (SSSR count). The number of aromatic nitrogens is 1. The summed E-state index contributed by atoms with van der Waals surface area (Å²) in [7, 11) is 0. The molecular weight excluding hydrogens is 461 g/mol. The molecule has 0 spiro atoms. The van der Waals surface area contributed by atoms with E-state index < -0.39 is 35.0 Å². The normalized spacial score (nSPS) is 16.7. The molecule has 2 aromatic rings. The van der Waals surface area contributed by atoms with Gasteiger partial charge in [-0.05, 0) is 36.9 Å². The van der Waals surface area contributed by atoms with E-state index in [1.807, 2.05) is 0 Å². The molecule has 1 N–H and O–H groups in total. The van der Waals surface area contributed by atoms with Gasteiger partial charge >= 0.3 is 6.18 Å². The molecule has 4 nitrogen and oxygen atoms in total. The molecule has 1 aliphatic rings. The summed E-state index contributed by atoms with van der Waals surface area (Å²) >= 11 is 7.20. The lowest BCUT2D eigenvalue weighted by Gasteiger charge is -2.27. The van der Waals surface area contributed by atoms with Crippen molar-refractivity contribution in [3.05, 3.63) is 46.6 Å². The Labute approximate surface area is 185 Å². The summed E-state index contributed by atoms with van der Waals surface area (Å²) in [6, 6.07) is 4.85. The lowest BCUT2D eigenvalue weighted by Crippen LogP contribution is -2.29. The van der Waals surface area contributed by atoms with Crippen LogP contribution in [0.3, 0.4) is 0 Å². The quantitative estimate of drug-likeness (QED) is 0.410. The Morgan fingerprint density at radius 2 is 1.97 bits per heavy atom. The smallest absolute Gasteiger partial charge is 0.371 e.